The highest BCUT2D eigenvalue weighted by Crippen LogP contribution is 2.20. The first-order valence-corrected chi connectivity index (χ1v) is 7.17. The Bertz CT molecular complexity index is 650. The van der Waals surface area contributed by atoms with Crippen LogP contribution in [-0.2, 0) is 0 Å². The minimum atomic E-state index is -0.340. The second kappa shape index (κ2) is 6.44. The summed E-state index contributed by atoms with van der Waals surface area (Å²) in [7, 11) is 0. The summed E-state index contributed by atoms with van der Waals surface area (Å²) in [5, 5.41) is 8.37. The number of hydrogen-bond donors (Lipinski definition) is 3. The Morgan fingerprint density at radius 2 is 2.35 bits per heavy atom. The summed E-state index contributed by atoms with van der Waals surface area (Å²) in [6.07, 6.45) is 1.44. The van der Waals surface area contributed by atoms with Crippen molar-refractivity contribution in [3.63, 3.8) is 0 Å². The van der Waals surface area contributed by atoms with E-state index in [4.69, 9.17) is 0 Å². The van der Waals surface area contributed by atoms with Gasteiger partial charge in [-0.3, -0.25) is 14.9 Å². The average molecular weight is 292 g/mol. The molecule has 0 bridgehead atoms. The Morgan fingerprint density at radius 3 is 3.05 bits per heavy atom. The van der Waals surface area contributed by atoms with Crippen LogP contribution in [0.4, 0.5) is 5.13 Å². The maximum atomic E-state index is 12.0. The Balaban J connectivity index is 2.07. The van der Waals surface area contributed by atoms with Crippen LogP contribution in [0.15, 0.2) is 28.5 Å². The third-order valence-electron chi connectivity index (χ3n) is 2.73. The summed E-state index contributed by atoms with van der Waals surface area (Å²) < 4.78 is 0. The van der Waals surface area contributed by atoms with Crippen LogP contribution >= 0.6 is 11.3 Å². The van der Waals surface area contributed by atoms with Crippen molar-refractivity contribution in [2.24, 2.45) is 0 Å². The van der Waals surface area contributed by atoms with Crippen LogP contribution in [0.2, 0.25) is 0 Å². The molecule has 0 aliphatic rings. The van der Waals surface area contributed by atoms with Crippen LogP contribution in [0.3, 0.4) is 0 Å². The molecule has 0 saturated heterocycles. The number of aromatic amines is 1. The number of hydrogen-bond acceptors (Lipinski definition) is 5. The zero-order chi connectivity index (χ0) is 14.5. The van der Waals surface area contributed by atoms with Gasteiger partial charge in [0.25, 0.3) is 5.91 Å². The van der Waals surface area contributed by atoms with Crippen molar-refractivity contribution in [1.29, 1.82) is 0 Å². The maximum Gasteiger partial charge on any atom is 0.257 e. The van der Waals surface area contributed by atoms with Crippen LogP contribution in [0, 0.1) is 0 Å². The molecule has 7 heteroatoms. The lowest BCUT2D eigenvalue weighted by Crippen LogP contribution is -2.18. The molecular weight excluding hydrogens is 276 g/mol. The monoisotopic (exact) mass is 292 g/mol. The van der Waals surface area contributed by atoms with Crippen LogP contribution in [-0.4, -0.2) is 22.4 Å². The number of nitrogens with zero attached hydrogens (tertiary/aromatic N) is 1. The molecule has 2 aromatic rings. The molecule has 0 fully saturated rings. The molecule has 6 nitrogen and oxygen atoms in total. The molecule has 2 aromatic heterocycles. The molecule has 3 N–H and O–H groups in total. The first-order chi connectivity index (χ1) is 9.60. The zero-order valence-electron chi connectivity index (χ0n) is 11.3. The molecule has 0 spiro atoms. The number of H-pyrrole nitrogens is 1. The van der Waals surface area contributed by atoms with Gasteiger partial charge < -0.3 is 10.3 Å². The quantitative estimate of drug-likeness (QED) is 0.783. The lowest BCUT2D eigenvalue weighted by Gasteiger charge is -2.08. The number of anilines is 1. The highest BCUT2D eigenvalue weighted by Gasteiger charge is 2.12. The van der Waals surface area contributed by atoms with Crippen molar-refractivity contribution in [1.82, 2.24) is 15.3 Å². The number of carbonyl (C=O) groups is 1. The van der Waals surface area contributed by atoms with Crippen molar-refractivity contribution in [2.45, 2.75) is 19.9 Å². The van der Waals surface area contributed by atoms with Crippen molar-refractivity contribution >= 4 is 22.4 Å². The van der Waals surface area contributed by atoms with Gasteiger partial charge >= 0.3 is 0 Å². The lowest BCUT2D eigenvalue weighted by atomic mass is 10.2. The van der Waals surface area contributed by atoms with E-state index in [0.29, 0.717) is 10.7 Å². The van der Waals surface area contributed by atoms with E-state index in [1.807, 2.05) is 19.2 Å². The van der Waals surface area contributed by atoms with E-state index in [2.05, 4.69) is 20.6 Å². The molecule has 0 radical (unpaired) electrons. The molecule has 1 unspecified atom stereocenters. The fourth-order valence-electron chi connectivity index (χ4n) is 1.71. The Labute approximate surface area is 120 Å². The van der Waals surface area contributed by atoms with Gasteiger partial charge in [0.05, 0.1) is 5.69 Å². The average Bonchev–Trinajstić information content (AvgIpc) is 2.87. The number of pyridine rings is 1. The van der Waals surface area contributed by atoms with Gasteiger partial charge in [0.15, 0.2) is 5.13 Å². The van der Waals surface area contributed by atoms with E-state index in [1.165, 1.54) is 23.6 Å². The van der Waals surface area contributed by atoms with E-state index in [9.17, 15) is 9.59 Å². The van der Waals surface area contributed by atoms with Crippen LogP contribution in [0.1, 0.15) is 35.9 Å². The molecule has 1 atom stereocenters. The molecule has 0 aliphatic carbocycles. The molecule has 0 aliphatic heterocycles. The second-order valence-corrected chi connectivity index (χ2v) is 5.11. The number of nitrogens with one attached hydrogen (secondary N) is 3. The molecule has 20 heavy (non-hydrogen) atoms. The third-order valence-corrected chi connectivity index (χ3v) is 3.51. The SMILES string of the molecule is CCNC(C)c1csc(NC(=O)c2cc[nH]c(=O)c2)n1. The largest absolute Gasteiger partial charge is 0.329 e. The molecule has 2 heterocycles. The molecule has 0 saturated carbocycles. The molecule has 0 aromatic carbocycles. The van der Waals surface area contributed by atoms with Crippen molar-refractivity contribution < 1.29 is 4.79 Å². The van der Waals surface area contributed by atoms with Crippen molar-refractivity contribution in [3.05, 3.63) is 45.3 Å². The predicted octanol–water partition coefficient (Wildman–Crippen LogP) is 1.75. The highest BCUT2D eigenvalue weighted by atomic mass is 32.1. The standard InChI is InChI=1S/C13H16N4O2S/c1-3-14-8(2)10-7-20-13(16-10)17-12(19)9-4-5-15-11(18)6-9/h4-8,14H,3H2,1-2H3,(H,15,18)(H,16,17,19). The van der Waals surface area contributed by atoms with Crippen LogP contribution in [0.25, 0.3) is 0 Å². The lowest BCUT2D eigenvalue weighted by molar-refractivity contribution is 0.102. The Hall–Kier alpha value is -1.99. The summed E-state index contributed by atoms with van der Waals surface area (Å²) >= 11 is 1.36. The van der Waals surface area contributed by atoms with Crippen LogP contribution in [0.5, 0.6) is 0 Å². The van der Waals surface area contributed by atoms with Gasteiger partial charge in [-0.2, -0.15) is 0 Å². The molecule has 2 rings (SSSR count). The zero-order valence-corrected chi connectivity index (χ0v) is 12.1. The minimum absolute atomic E-state index is 0.140. The Kier molecular flexibility index (Phi) is 4.65. The predicted molar refractivity (Wildman–Crippen MR) is 79.2 cm³/mol. The first-order valence-electron chi connectivity index (χ1n) is 6.29. The summed E-state index contributed by atoms with van der Waals surface area (Å²) in [5.74, 6) is -0.340. The maximum absolute atomic E-state index is 12.0. The van der Waals surface area contributed by atoms with Crippen molar-refractivity contribution in [2.75, 3.05) is 11.9 Å². The van der Waals surface area contributed by atoms with Gasteiger partial charge in [-0.1, -0.05) is 6.92 Å². The van der Waals surface area contributed by atoms with Gasteiger partial charge in [-0.15, -0.1) is 11.3 Å². The molecule has 106 valence electrons. The summed E-state index contributed by atoms with van der Waals surface area (Å²) in [5.41, 5.74) is 0.890. The summed E-state index contributed by atoms with van der Waals surface area (Å²) in [6.45, 7) is 4.90. The van der Waals surface area contributed by atoms with E-state index in [0.717, 1.165) is 12.2 Å². The van der Waals surface area contributed by atoms with Gasteiger partial charge in [-0.25, -0.2) is 4.98 Å². The summed E-state index contributed by atoms with van der Waals surface area (Å²) in [6, 6.07) is 2.94. The number of rotatable bonds is 5. The fraction of sp³-hybridized carbons (Fsp3) is 0.308. The van der Waals surface area contributed by atoms with Gasteiger partial charge in [0, 0.05) is 29.2 Å². The summed E-state index contributed by atoms with van der Waals surface area (Å²) in [4.78, 5) is 29.9. The number of carbonyl (C=O) groups excluding carboxylic acids is 1. The van der Waals surface area contributed by atoms with Gasteiger partial charge in [0.2, 0.25) is 5.56 Å². The molecular formula is C13H16N4O2S. The molecule has 1 amide bonds. The topological polar surface area (TPSA) is 86.9 Å². The second-order valence-electron chi connectivity index (χ2n) is 4.25. The van der Waals surface area contributed by atoms with Crippen molar-refractivity contribution in [3.8, 4) is 0 Å². The van der Waals surface area contributed by atoms with Crippen LogP contribution < -0.4 is 16.2 Å². The smallest absolute Gasteiger partial charge is 0.257 e. The van der Waals surface area contributed by atoms with E-state index < -0.39 is 0 Å². The van der Waals surface area contributed by atoms with Gasteiger partial charge in [0.1, 0.15) is 0 Å². The van der Waals surface area contributed by atoms with E-state index in [1.54, 1.807) is 6.07 Å². The third kappa shape index (κ3) is 3.52. The normalized spacial score (nSPS) is 12.1. The fourth-order valence-corrected chi connectivity index (χ4v) is 2.51. The Morgan fingerprint density at radius 1 is 1.55 bits per heavy atom. The van der Waals surface area contributed by atoms with E-state index >= 15 is 0 Å². The first kappa shape index (κ1) is 14.4. The number of amides is 1. The van der Waals surface area contributed by atoms with Gasteiger partial charge in [-0.05, 0) is 19.5 Å². The minimum Gasteiger partial charge on any atom is -0.329 e. The van der Waals surface area contributed by atoms with E-state index in [-0.39, 0.29) is 17.5 Å². The number of thiazole rings is 1. The highest BCUT2D eigenvalue weighted by molar-refractivity contribution is 7.14. The number of aromatic nitrogens is 2.